The van der Waals surface area contributed by atoms with E-state index in [0.717, 1.165) is 5.69 Å². The fourth-order valence-electron chi connectivity index (χ4n) is 4.44. The number of anilines is 2. The van der Waals surface area contributed by atoms with E-state index >= 15 is 0 Å². The lowest BCUT2D eigenvalue weighted by Crippen LogP contribution is -2.49. The molecule has 0 aliphatic carbocycles. The van der Waals surface area contributed by atoms with Crippen LogP contribution in [0.3, 0.4) is 0 Å². The predicted octanol–water partition coefficient (Wildman–Crippen LogP) is 4.34. The molecular formula is C23H26ClFN6O2. The molecule has 2 atom stereocenters. The van der Waals surface area contributed by atoms with Crippen LogP contribution in [0.25, 0.3) is 0 Å². The number of hydrogen-bond donors (Lipinski definition) is 3. The summed E-state index contributed by atoms with van der Waals surface area (Å²) in [4.78, 5) is 23.3. The van der Waals surface area contributed by atoms with Gasteiger partial charge in [0.2, 0.25) is 0 Å². The van der Waals surface area contributed by atoms with Crippen LogP contribution in [-0.2, 0) is 17.8 Å². The summed E-state index contributed by atoms with van der Waals surface area (Å²) in [6, 6.07) is 6.73. The number of H-pyrrole nitrogens is 1. The van der Waals surface area contributed by atoms with Gasteiger partial charge in [0.25, 0.3) is 0 Å². The second-order valence-electron chi connectivity index (χ2n) is 8.71. The van der Waals surface area contributed by atoms with E-state index in [1.165, 1.54) is 6.07 Å². The Labute approximate surface area is 196 Å². The number of hydrogen-bond acceptors (Lipinski definition) is 6. The summed E-state index contributed by atoms with van der Waals surface area (Å²) in [5.74, 6) is -0.164. The maximum Gasteiger partial charge on any atom is 0.310 e. The van der Waals surface area contributed by atoms with Crippen molar-refractivity contribution >= 4 is 29.2 Å². The van der Waals surface area contributed by atoms with E-state index in [1.54, 1.807) is 24.5 Å². The third kappa shape index (κ3) is 5.15. The minimum absolute atomic E-state index is 0.0606. The number of nitrogens with one attached hydrogen (secondary N) is 2. The molecule has 0 bridgehead atoms. The molecule has 3 aromatic rings. The van der Waals surface area contributed by atoms with Gasteiger partial charge in [-0.15, -0.1) is 0 Å². The highest BCUT2D eigenvalue weighted by Gasteiger charge is 2.44. The summed E-state index contributed by atoms with van der Waals surface area (Å²) in [6.07, 6.45) is 4.28. The van der Waals surface area contributed by atoms with E-state index in [0.29, 0.717) is 48.8 Å². The molecule has 8 nitrogen and oxygen atoms in total. The van der Waals surface area contributed by atoms with Crippen molar-refractivity contribution in [2.75, 3.05) is 11.9 Å². The first-order valence-electron chi connectivity index (χ1n) is 10.8. The van der Waals surface area contributed by atoms with E-state index in [4.69, 9.17) is 11.6 Å². The Hall–Kier alpha value is -3.04. The number of aliphatic carboxylic acids is 1. The Kier molecular flexibility index (Phi) is 6.62. The maximum atomic E-state index is 14.4. The van der Waals surface area contributed by atoms with E-state index in [1.807, 2.05) is 19.9 Å². The predicted molar refractivity (Wildman–Crippen MR) is 123 cm³/mol. The van der Waals surface area contributed by atoms with E-state index < -0.39 is 17.2 Å². The molecule has 10 heteroatoms. The number of nitrogens with zero attached hydrogens (tertiary/aromatic N) is 4. The molecule has 2 aromatic heterocycles. The molecule has 1 saturated heterocycles. The first kappa shape index (κ1) is 23.1. The number of carbonyl (C=O) groups is 1. The lowest BCUT2D eigenvalue weighted by atomic mass is 9.72. The maximum absolute atomic E-state index is 14.4. The highest BCUT2D eigenvalue weighted by atomic mass is 35.5. The van der Waals surface area contributed by atoms with Gasteiger partial charge in [-0.2, -0.15) is 5.10 Å². The smallest absolute Gasteiger partial charge is 0.310 e. The Morgan fingerprint density at radius 2 is 2.21 bits per heavy atom. The third-order valence-electron chi connectivity index (χ3n) is 6.21. The van der Waals surface area contributed by atoms with Crippen molar-refractivity contribution in [2.24, 2.45) is 5.41 Å². The molecule has 2 unspecified atom stereocenters. The minimum Gasteiger partial charge on any atom is -0.481 e. The van der Waals surface area contributed by atoms with Gasteiger partial charge in [-0.25, -0.2) is 9.37 Å². The number of aryl methyl sites for hydroxylation is 1. The number of halogens is 2. The van der Waals surface area contributed by atoms with Crippen LogP contribution in [0.5, 0.6) is 0 Å². The van der Waals surface area contributed by atoms with Gasteiger partial charge in [-0.3, -0.25) is 19.8 Å². The summed E-state index contributed by atoms with van der Waals surface area (Å²) < 4.78 is 14.4. The van der Waals surface area contributed by atoms with Crippen LogP contribution in [-0.4, -0.2) is 48.7 Å². The number of aromatic nitrogens is 4. The molecule has 1 aliphatic heterocycles. The number of likely N-dealkylation sites (tertiary alicyclic amines) is 1. The summed E-state index contributed by atoms with van der Waals surface area (Å²) >= 11 is 5.92. The van der Waals surface area contributed by atoms with Gasteiger partial charge < -0.3 is 10.4 Å². The van der Waals surface area contributed by atoms with E-state index in [2.05, 4.69) is 30.4 Å². The van der Waals surface area contributed by atoms with E-state index in [-0.39, 0.29) is 17.5 Å². The zero-order valence-electron chi connectivity index (χ0n) is 18.5. The summed E-state index contributed by atoms with van der Waals surface area (Å²) in [5, 5.41) is 20.3. The van der Waals surface area contributed by atoms with Crippen LogP contribution in [0.4, 0.5) is 16.0 Å². The standard InChI is InChI=1S/C23H26ClFN6O2/c1-14-8-19(30-29-14)28-20-12-26-11-17(27-20)10-23(22(32)33)6-7-31(15(2)9-23)13-16-4-3-5-18(24)21(16)25/h3-5,8,11-12,15H,6-7,9-10,13H2,1-2H3,(H,32,33)(H2,27,28,29,30). The Balaban J connectivity index is 1.48. The largest absolute Gasteiger partial charge is 0.481 e. The van der Waals surface area contributed by atoms with E-state index in [9.17, 15) is 14.3 Å². The van der Waals surface area contributed by atoms with Crippen LogP contribution < -0.4 is 5.32 Å². The molecule has 3 N–H and O–H groups in total. The summed E-state index contributed by atoms with van der Waals surface area (Å²) in [6.45, 7) is 4.77. The van der Waals surface area contributed by atoms with Crippen molar-refractivity contribution in [3.05, 3.63) is 64.5 Å². The average Bonchev–Trinajstić information content (AvgIpc) is 3.18. The summed E-state index contributed by atoms with van der Waals surface area (Å²) in [7, 11) is 0. The lowest BCUT2D eigenvalue weighted by Gasteiger charge is -2.43. The Morgan fingerprint density at radius 1 is 1.39 bits per heavy atom. The van der Waals surface area contributed by atoms with Gasteiger partial charge in [0, 0.05) is 42.5 Å². The Bertz CT molecular complexity index is 1160. The average molecular weight is 473 g/mol. The van der Waals surface area contributed by atoms with Crippen molar-refractivity contribution in [1.82, 2.24) is 25.1 Å². The number of carboxylic acid groups (broad SMARTS) is 1. The van der Waals surface area contributed by atoms with Crippen molar-refractivity contribution < 1.29 is 14.3 Å². The fourth-order valence-corrected chi connectivity index (χ4v) is 4.64. The SMILES string of the molecule is Cc1cc(Nc2cncc(CC3(C(=O)O)CCN(Cc4cccc(Cl)c4F)C(C)C3)n2)n[nH]1. The number of rotatable bonds is 7. The van der Waals surface area contributed by atoms with Crippen LogP contribution in [0.1, 0.15) is 36.7 Å². The second kappa shape index (κ2) is 9.44. The highest BCUT2D eigenvalue weighted by molar-refractivity contribution is 6.30. The lowest BCUT2D eigenvalue weighted by molar-refractivity contribution is -0.153. The molecule has 1 fully saturated rings. The van der Waals surface area contributed by atoms with Crippen molar-refractivity contribution in [3.63, 3.8) is 0 Å². The number of aromatic amines is 1. The zero-order chi connectivity index (χ0) is 23.6. The Morgan fingerprint density at radius 3 is 2.91 bits per heavy atom. The molecule has 0 saturated carbocycles. The van der Waals surface area contributed by atoms with Crippen molar-refractivity contribution in [1.29, 1.82) is 0 Å². The zero-order valence-corrected chi connectivity index (χ0v) is 19.2. The molecule has 1 aromatic carbocycles. The minimum atomic E-state index is -0.973. The highest BCUT2D eigenvalue weighted by Crippen LogP contribution is 2.39. The molecule has 0 amide bonds. The first-order valence-corrected chi connectivity index (χ1v) is 11.1. The van der Waals surface area contributed by atoms with Crippen molar-refractivity contribution in [2.45, 2.75) is 45.7 Å². The van der Waals surface area contributed by atoms with Crippen LogP contribution >= 0.6 is 11.6 Å². The van der Waals surface area contributed by atoms with Gasteiger partial charge in [-0.1, -0.05) is 23.7 Å². The molecular weight excluding hydrogens is 447 g/mol. The molecule has 3 heterocycles. The van der Waals surface area contributed by atoms with Gasteiger partial charge >= 0.3 is 5.97 Å². The van der Waals surface area contributed by atoms with Crippen LogP contribution in [0.15, 0.2) is 36.7 Å². The quantitative estimate of drug-likeness (QED) is 0.469. The molecule has 33 heavy (non-hydrogen) atoms. The third-order valence-corrected chi connectivity index (χ3v) is 6.50. The van der Waals surface area contributed by atoms with Gasteiger partial charge in [0.15, 0.2) is 5.82 Å². The van der Waals surface area contributed by atoms with Crippen LogP contribution in [0, 0.1) is 18.2 Å². The number of benzene rings is 1. The molecule has 4 rings (SSSR count). The first-order chi connectivity index (χ1) is 15.8. The van der Waals surface area contributed by atoms with Gasteiger partial charge in [0.05, 0.1) is 22.3 Å². The monoisotopic (exact) mass is 472 g/mol. The van der Waals surface area contributed by atoms with Gasteiger partial charge in [-0.05, 0) is 39.3 Å². The fraction of sp³-hybridized carbons (Fsp3) is 0.391. The molecule has 174 valence electrons. The second-order valence-corrected chi connectivity index (χ2v) is 9.11. The van der Waals surface area contributed by atoms with Gasteiger partial charge in [0.1, 0.15) is 11.6 Å². The topological polar surface area (TPSA) is 107 Å². The normalized spacial score (nSPS) is 21.2. The molecule has 0 radical (unpaired) electrons. The number of carboxylic acids is 1. The molecule has 1 aliphatic rings. The van der Waals surface area contributed by atoms with Crippen LogP contribution in [0.2, 0.25) is 5.02 Å². The summed E-state index contributed by atoms with van der Waals surface area (Å²) in [5.41, 5.74) is 1.04. The van der Waals surface area contributed by atoms with Crippen molar-refractivity contribution in [3.8, 4) is 0 Å². The molecule has 0 spiro atoms. The number of piperidine rings is 1.